The molecule has 0 saturated heterocycles. The molecule has 0 aliphatic carbocycles. The lowest BCUT2D eigenvalue weighted by atomic mass is 10.2. The van der Waals surface area contributed by atoms with Crippen LogP contribution in [0.5, 0.6) is 0 Å². The quantitative estimate of drug-likeness (QED) is 0.784. The van der Waals surface area contributed by atoms with Crippen LogP contribution in [-0.4, -0.2) is 19.5 Å². The van der Waals surface area contributed by atoms with Crippen molar-refractivity contribution in [2.45, 2.75) is 19.4 Å². The molecule has 0 bridgehead atoms. The van der Waals surface area contributed by atoms with Gasteiger partial charge in [0, 0.05) is 17.8 Å². The molecule has 3 rings (SSSR count). The van der Waals surface area contributed by atoms with Gasteiger partial charge in [-0.15, -0.1) is 11.3 Å². The van der Waals surface area contributed by atoms with Crippen LogP contribution in [-0.2, 0) is 0 Å². The summed E-state index contributed by atoms with van der Waals surface area (Å²) >= 11 is 1.63. The summed E-state index contributed by atoms with van der Waals surface area (Å²) in [4.78, 5) is 13.1. The highest BCUT2D eigenvalue weighted by Gasteiger charge is 2.20. The number of hydrogen-bond acceptors (Lipinski definition) is 5. The second kappa shape index (κ2) is 4.38. The van der Waals surface area contributed by atoms with Gasteiger partial charge in [-0.05, 0) is 18.6 Å². The number of imidazole rings is 1. The molecule has 3 aromatic rings. The van der Waals surface area contributed by atoms with Crippen molar-refractivity contribution in [1.29, 1.82) is 0 Å². The predicted octanol–water partition coefficient (Wildman–Crippen LogP) is 2.47. The number of nitrogens with zero attached hydrogens (tertiary/aromatic N) is 4. The molecule has 5 nitrogen and oxygen atoms in total. The van der Waals surface area contributed by atoms with E-state index in [1.165, 1.54) is 0 Å². The fourth-order valence-corrected chi connectivity index (χ4v) is 2.93. The lowest BCUT2D eigenvalue weighted by Gasteiger charge is -2.15. The van der Waals surface area contributed by atoms with Crippen LogP contribution in [0.15, 0.2) is 29.9 Å². The maximum absolute atomic E-state index is 6.02. The molecular weight excluding hydrogens is 246 g/mol. The minimum Gasteiger partial charge on any atom is -0.369 e. The first-order valence-corrected chi connectivity index (χ1v) is 6.67. The third kappa shape index (κ3) is 1.65. The van der Waals surface area contributed by atoms with Crippen LogP contribution >= 0.6 is 11.3 Å². The van der Waals surface area contributed by atoms with Crippen LogP contribution in [0.25, 0.3) is 11.2 Å². The van der Waals surface area contributed by atoms with Crippen LogP contribution in [0.4, 0.5) is 5.95 Å². The molecule has 0 fully saturated rings. The molecule has 1 atom stereocenters. The van der Waals surface area contributed by atoms with Crippen molar-refractivity contribution in [2.75, 3.05) is 5.73 Å². The first-order valence-electron chi connectivity index (χ1n) is 5.79. The third-order valence-electron chi connectivity index (χ3n) is 2.91. The molecule has 0 radical (unpaired) electrons. The Labute approximate surface area is 108 Å². The maximum Gasteiger partial charge on any atom is 0.203 e. The van der Waals surface area contributed by atoms with E-state index in [9.17, 15) is 0 Å². The molecule has 3 heterocycles. The number of anilines is 1. The van der Waals surface area contributed by atoms with Crippen LogP contribution in [0.2, 0.25) is 0 Å². The van der Waals surface area contributed by atoms with Gasteiger partial charge in [0.1, 0.15) is 10.5 Å². The minimum absolute atomic E-state index is 0.102. The average Bonchev–Trinajstić information content (AvgIpc) is 2.99. The molecule has 6 heteroatoms. The molecule has 0 spiro atoms. The third-order valence-corrected chi connectivity index (χ3v) is 3.79. The van der Waals surface area contributed by atoms with Crippen molar-refractivity contribution in [1.82, 2.24) is 19.5 Å². The van der Waals surface area contributed by atoms with Gasteiger partial charge in [-0.2, -0.15) is 0 Å². The average molecular weight is 259 g/mol. The highest BCUT2D eigenvalue weighted by atomic mass is 32.1. The lowest BCUT2D eigenvalue weighted by Crippen LogP contribution is -2.12. The van der Waals surface area contributed by atoms with Crippen molar-refractivity contribution >= 4 is 28.4 Å². The van der Waals surface area contributed by atoms with Crippen LogP contribution < -0.4 is 5.73 Å². The van der Waals surface area contributed by atoms with E-state index in [0.29, 0.717) is 5.95 Å². The highest BCUT2D eigenvalue weighted by molar-refractivity contribution is 7.09. The van der Waals surface area contributed by atoms with E-state index < -0.39 is 0 Å². The van der Waals surface area contributed by atoms with Crippen molar-refractivity contribution in [3.05, 3.63) is 34.9 Å². The number of nitrogens with two attached hydrogens (primary N) is 1. The van der Waals surface area contributed by atoms with E-state index in [2.05, 4.69) is 21.9 Å². The van der Waals surface area contributed by atoms with E-state index in [1.54, 1.807) is 17.5 Å². The van der Waals surface area contributed by atoms with Gasteiger partial charge in [-0.1, -0.05) is 6.92 Å². The summed E-state index contributed by atoms with van der Waals surface area (Å²) in [6.45, 7) is 2.11. The van der Waals surface area contributed by atoms with Crippen LogP contribution in [0, 0.1) is 0 Å². The van der Waals surface area contributed by atoms with Gasteiger partial charge in [-0.25, -0.2) is 15.0 Å². The molecule has 1 unspecified atom stereocenters. The first kappa shape index (κ1) is 11.2. The summed E-state index contributed by atoms with van der Waals surface area (Å²) in [6.07, 6.45) is 4.47. The van der Waals surface area contributed by atoms with Crippen LogP contribution in [0.3, 0.4) is 0 Å². The Hall–Kier alpha value is -1.95. The van der Waals surface area contributed by atoms with Crippen LogP contribution in [0.1, 0.15) is 24.4 Å². The fourth-order valence-electron chi connectivity index (χ4n) is 2.12. The second-order valence-corrected chi connectivity index (χ2v) is 4.91. The Morgan fingerprint density at radius 1 is 1.39 bits per heavy atom. The predicted molar refractivity (Wildman–Crippen MR) is 72.5 cm³/mol. The molecule has 0 aliphatic rings. The molecule has 0 amide bonds. The fraction of sp³-hybridized carbons (Fsp3) is 0.250. The highest BCUT2D eigenvalue weighted by Crippen LogP contribution is 2.29. The SMILES string of the molecule is CCC(c1nccs1)n1c(N)nc2cccnc21. The molecule has 0 aliphatic heterocycles. The van der Waals surface area contributed by atoms with Crippen molar-refractivity contribution in [3.63, 3.8) is 0 Å². The van der Waals surface area contributed by atoms with E-state index in [1.807, 2.05) is 28.3 Å². The Morgan fingerprint density at radius 3 is 3.00 bits per heavy atom. The summed E-state index contributed by atoms with van der Waals surface area (Å²) < 4.78 is 1.97. The van der Waals surface area contributed by atoms with Gasteiger partial charge in [0.25, 0.3) is 0 Å². The lowest BCUT2D eigenvalue weighted by molar-refractivity contribution is 0.582. The molecule has 0 aromatic carbocycles. The zero-order valence-corrected chi connectivity index (χ0v) is 10.8. The zero-order chi connectivity index (χ0) is 12.5. The van der Waals surface area contributed by atoms with Crippen molar-refractivity contribution < 1.29 is 0 Å². The number of thiazole rings is 1. The van der Waals surface area contributed by atoms with Gasteiger partial charge < -0.3 is 5.73 Å². The monoisotopic (exact) mass is 259 g/mol. The normalized spacial score (nSPS) is 12.9. The summed E-state index contributed by atoms with van der Waals surface area (Å²) in [6, 6.07) is 3.89. The smallest absolute Gasteiger partial charge is 0.203 e. The number of aromatic nitrogens is 4. The second-order valence-electron chi connectivity index (χ2n) is 3.98. The van der Waals surface area contributed by atoms with E-state index in [0.717, 1.165) is 22.6 Å². The molecule has 18 heavy (non-hydrogen) atoms. The molecule has 0 saturated carbocycles. The standard InChI is InChI=1S/C12H13N5S/c1-2-9(11-15-6-7-18-11)17-10-8(16-12(17)13)4-3-5-14-10/h3-7,9H,2H2,1H3,(H2,13,16). The topological polar surface area (TPSA) is 69.6 Å². The Balaban J connectivity index is 2.21. The summed E-state index contributed by atoms with van der Waals surface area (Å²) in [7, 11) is 0. The van der Waals surface area contributed by atoms with E-state index >= 15 is 0 Å². The first-order chi connectivity index (χ1) is 8.81. The van der Waals surface area contributed by atoms with Crippen molar-refractivity contribution in [2.24, 2.45) is 0 Å². The number of pyridine rings is 1. The molecular formula is C12H13N5S. The molecule has 2 N–H and O–H groups in total. The largest absolute Gasteiger partial charge is 0.369 e. The van der Waals surface area contributed by atoms with Gasteiger partial charge >= 0.3 is 0 Å². The Bertz CT molecular complexity index is 658. The summed E-state index contributed by atoms with van der Waals surface area (Å²) in [5.41, 5.74) is 7.67. The number of rotatable bonds is 3. The van der Waals surface area contributed by atoms with E-state index in [4.69, 9.17) is 5.73 Å². The van der Waals surface area contributed by atoms with Gasteiger partial charge in [0.15, 0.2) is 5.65 Å². The van der Waals surface area contributed by atoms with Gasteiger partial charge in [0.2, 0.25) is 5.95 Å². The van der Waals surface area contributed by atoms with E-state index in [-0.39, 0.29) is 6.04 Å². The zero-order valence-electron chi connectivity index (χ0n) is 9.95. The Kier molecular flexibility index (Phi) is 2.71. The van der Waals surface area contributed by atoms with Crippen molar-refractivity contribution in [3.8, 4) is 0 Å². The molecule has 92 valence electrons. The number of fused-ring (bicyclic) bond motifs is 1. The number of nitrogen functional groups attached to an aromatic ring is 1. The molecule has 3 aromatic heterocycles. The van der Waals surface area contributed by atoms with Gasteiger partial charge in [-0.3, -0.25) is 4.57 Å². The minimum atomic E-state index is 0.102. The maximum atomic E-state index is 6.02. The summed E-state index contributed by atoms with van der Waals surface area (Å²) in [5.74, 6) is 0.491. The van der Waals surface area contributed by atoms with Gasteiger partial charge in [0.05, 0.1) is 6.04 Å². The Morgan fingerprint density at radius 2 is 2.28 bits per heavy atom. The summed E-state index contributed by atoms with van der Waals surface area (Å²) in [5, 5.41) is 3.01. The number of hydrogen-bond donors (Lipinski definition) is 1.